The molecule has 4 rings (SSSR count). The van der Waals surface area contributed by atoms with Crippen LogP contribution in [0.2, 0.25) is 0 Å². The van der Waals surface area contributed by atoms with E-state index in [1.165, 1.54) is 16.9 Å². The van der Waals surface area contributed by atoms with Gasteiger partial charge < -0.3 is 10.6 Å². The van der Waals surface area contributed by atoms with Crippen LogP contribution in [0.15, 0.2) is 29.6 Å². The standard InChI is InChI=1S/C21H24N4O3S/c1-2-14-6-8-15(9-7-14)16-13-29-19(22-16)23-17(26)12-25-18(27)21(24-20(25)28)10-4-3-5-11-21/h6-9,13H,2-5,10-12H2,1H3,(H,24,28)(H,22,23,26). The Labute approximate surface area is 173 Å². The molecule has 8 heteroatoms. The maximum Gasteiger partial charge on any atom is 0.325 e. The predicted octanol–water partition coefficient (Wildman–Crippen LogP) is 3.57. The van der Waals surface area contributed by atoms with Crippen molar-refractivity contribution in [3.8, 4) is 11.3 Å². The second-order valence-corrected chi connectivity index (χ2v) is 8.46. The lowest BCUT2D eigenvalue weighted by Gasteiger charge is -2.30. The van der Waals surface area contributed by atoms with Gasteiger partial charge in [-0.2, -0.15) is 0 Å². The van der Waals surface area contributed by atoms with Crippen LogP contribution in [0.1, 0.15) is 44.6 Å². The SMILES string of the molecule is CCc1ccc(-c2csc(NC(=O)CN3C(=O)NC4(CCCCC4)C3=O)n2)cc1. The van der Waals surface area contributed by atoms with Crippen LogP contribution in [0.3, 0.4) is 0 Å². The number of rotatable bonds is 5. The summed E-state index contributed by atoms with van der Waals surface area (Å²) >= 11 is 1.32. The zero-order chi connectivity index (χ0) is 20.4. The third kappa shape index (κ3) is 3.89. The minimum absolute atomic E-state index is 0.284. The molecule has 1 saturated heterocycles. The molecule has 1 aliphatic heterocycles. The van der Waals surface area contributed by atoms with E-state index in [1.807, 2.05) is 17.5 Å². The fourth-order valence-corrected chi connectivity index (χ4v) is 4.73. The molecule has 2 fully saturated rings. The number of urea groups is 1. The van der Waals surface area contributed by atoms with Crippen molar-refractivity contribution in [2.75, 3.05) is 11.9 Å². The number of nitrogens with zero attached hydrogens (tertiary/aromatic N) is 2. The second kappa shape index (κ2) is 7.94. The number of aromatic nitrogens is 1. The molecule has 0 unspecified atom stereocenters. The Hall–Kier alpha value is -2.74. The van der Waals surface area contributed by atoms with Gasteiger partial charge in [0.1, 0.15) is 12.1 Å². The Morgan fingerprint density at radius 3 is 2.62 bits per heavy atom. The van der Waals surface area contributed by atoms with Crippen molar-refractivity contribution in [1.82, 2.24) is 15.2 Å². The first-order valence-corrected chi connectivity index (χ1v) is 10.9. The first-order valence-electron chi connectivity index (χ1n) is 9.99. The molecule has 2 heterocycles. The monoisotopic (exact) mass is 412 g/mol. The van der Waals surface area contributed by atoms with Crippen LogP contribution in [0, 0.1) is 0 Å². The summed E-state index contributed by atoms with van der Waals surface area (Å²) in [7, 11) is 0. The van der Waals surface area contributed by atoms with Gasteiger partial charge >= 0.3 is 6.03 Å². The Kier molecular flexibility index (Phi) is 5.36. The average molecular weight is 413 g/mol. The lowest BCUT2D eigenvalue weighted by Crippen LogP contribution is -2.48. The maximum absolute atomic E-state index is 12.8. The van der Waals surface area contributed by atoms with E-state index >= 15 is 0 Å². The van der Waals surface area contributed by atoms with Gasteiger partial charge in [0, 0.05) is 10.9 Å². The van der Waals surface area contributed by atoms with Gasteiger partial charge in [0.25, 0.3) is 5.91 Å². The van der Waals surface area contributed by atoms with Gasteiger partial charge in [-0.3, -0.25) is 14.5 Å². The average Bonchev–Trinajstić information content (AvgIpc) is 3.28. The Morgan fingerprint density at radius 1 is 1.21 bits per heavy atom. The van der Waals surface area contributed by atoms with Crippen molar-refractivity contribution in [2.24, 2.45) is 0 Å². The predicted molar refractivity (Wildman–Crippen MR) is 112 cm³/mol. The third-order valence-corrected chi connectivity index (χ3v) is 6.42. The van der Waals surface area contributed by atoms with Gasteiger partial charge in [0.2, 0.25) is 5.91 Å². The van der Waals surface area contributed by atoms with E-state index in [-0.39, 0.29) is 12.5 Å². The van der Waals surface area contributed by atoms with E-state index in [0.29, 0.717) is 18.0 Å². The van der Waals surface area contributed by atoms with Crippen LogP contribution in [-0.4, -0.2) is 39.8 Å². The van der Waals surface area contributed by atoms with Gasteiger partial charge in [-0.05, 0) is 24.8 Å². The molecule has 7 nitrogen and oxygen atoms in total. The molecule has 1 aliphatic carbocycles. The topological polar surface area (TPSA) is 91.4 Å². The van der Waals surface area contributed by atoms with Gasteiger partial charge in [0.05, 0.1) is 5.69 Å². The smallest absolute Gasteiger partial charge is 0.323 e. The Morgan fingerprint density at radius 2 is 1.93 bits per heavy atom. The van der Waals surface area contributed by atoms with Crippen LogP contribution in [0.25, 0.3) is 11.3 Å². The van der Waals surface area contributed by atoms with Crippen molar-refractivity contribution in [2.45, 2.75) is 51.0 Å². The number of imide groups is 1. The fraction of sp³-hybridized carbons (Fsp3) is 0.429. The molecule has 29 heavy (non-hydrogen) atoms. The first-order chi connectivity index (χ1) is 14.0. The highest BCUT2D eigenvalue weighted by Crippen LogP contribution is 2.33. The molecule has 2 N–H and O–H groups in total. The van der Waals surface area contributed by atoms with Crippen molar-refractivity contribution < 1.29 is 14.4 Å². The van der Waals surface area contributed by atoms with Crippen molar-refractivity contribution in [1.29, 1.82) is 0 Å². The Bertz CT molecular complexity index is 932. The molecule has 152 valence electrons. The minimum Gasteiger partial charge on any atom is -0.323 e. The number of hydrogen-bond donors (Lipinski definition) is 2. The van der Waals surface area contributed by atoms with Crippen LogP contribution in [-0.2, 0) is 16.0 Å². The van der Waals surface area contributed by atoms with Crippen LogP contribution >= 0.6 is 11.3 Å². The van der Waals surface area contributed by atoms with Gasteiger partial charge in [0.15, 0.2) is 5.13 Å². The number of aryl methyl sites for hydroxylation is 1. The quantitative estimate of drug-likeness (QED) is 0.735. The molecule has 4 amide bonds. The zero-order valence-electron chi connectivity index (χ0n) is 16.4. The third-order valence-electron chi connectivity index (χ3n) is 5.66. The molecule has 0 radical (unpaired) electrons. The highest BCUT2D eigenvalue weighted by Gasteiger charge is 2.51. The van der Waals surface area contributed by atoms with E-state index in [1.54, 1.807) is 0 Å². The Balaban J connectivity index is 1.39. The summed E-state index contributed by atoms with van der Waals surface area (Å²) in [5.74, 6) is -0.711. The number of carbonyl (C=O) groups is 3. The van der Waals surface area contributed by atoms with E-state index in [0.717, 1.165) is 41.8 Å². The van der Waals surface area contributed by atoms with E-state index in [2.05, 4.69) is 34.7 Å². The molecule has 2 aromatic rings. The lowest BCUT2D eigenvalue weighted by molar-refractivity contribution is -0.134. The maximum atomic E-state index is 12.8. The van der Waals surface area contributed by atoms with Crippen molar-refractivity contribution in [3.63, 3.8) is 0 Å². The number of thiazole rings is 1. The summed E-state index contributed by atoms with van der Waals surface area (Å²) in [4.78, 5) is 43.0. The number of hydrogen-bond acceptors (Lipinski definition) is 5. The molecular formula is C21H24N4O3S. The van der Waals surface area contributed by atoms with Gasteiger partial charge in [-0.15, -0.1) is 11.3 Å². The lowest BCUT2D eigenvalue weighted by atomic mass is 9.82. The van der Waals surface area contributed by atoms with E-state index in [9.17, 15) is 14.4 Å². The van der Waals surface area contributed by atoms with Crippen LogP contribution in [0.4, 0.5) is 9.93 Å². The molecule has 2 aliphatic rings. The summed E-state index contributed by atoms with van der Waals surface area (Å²) < 4.78 is 0. The number of anilines is 1. The van der Waals surface area contributed by atoms with E-state index in [4.69, 9.17) is 0 Å². The van der Waals surface area contributed by atoms with Crippen LogP contribution < -0.4 is 10.6 Å². The number of benzene rings is 1. The molecule has 1 aromatic carbocycles. The number of amides is 4. The highest BCUT2D eigenvalue weighted by molar-refractivity contribution is 7.14. The molecular weight excluding hydrogens is 388 g/mol. The van der Waals surface area contributed by atoms with Gasteiger partial charge in [-0.25, -0.2) is 9.78 Å². The van der Waals surface area contributed by atoms with Gasteiger partial charge in [-0.1, -0.05) is 50.5 Å². The fourth-order valence-electron chi connectivity index (χ4n) is 3.99. The molecule has 1 saturated carbocycles. The summed E-state index contributed by atoms with van der Waals surface area (Å²) in [6, 6.07) is 7.66. The highest BCUT2D eigenvalue weighted by atomic mass is 32.1. The molecule has 1 spiro atoms. The normalized spacial score (nSPS) is 18.2. The number of carbonyl (C=O) groups excluding carboxylic acids is 3. The summed E-state index contributed by atoms with van der Waals surface area (Å²) in [6.07, 6.45) is 5.15. The summed E-state index contributed by atoms with van der Waals surface area (Å²) in [5, 5.41) is 7.85. The van der Waals surface area contributed by atoms with Crippen molar-refractivity contribution >= 4 is 34.3 Å². The van der Waals surface area contributed by atoms with E-state index < -0.39 is 17.5 Å². The van der Waals surface area contributed by atoms with Crippen LogP contribution in [0.5, 0.6) is 0 Å². The summed E-state index contributed by atoms with van der Waals surface area (Å²) in [5.41, 5.74) is 2.20. The minimum atomic E-state index is -0.811. The largest absolute Gasteiger partial charge is 0.325 e. The second-order valence-electron chi connectivity index (χ2n) is 7.60. The van der Waals surface area contributed by atoms with Crippen molar-refractivity contribution in [3.05, 3.63) is 35.2 Å². The molecule has 0 bridgehead atoms. The number of nitrogens with one attached hydrogen (secondary N) is 2. The summed E-state index contributed by atoms with van der Waals surface area (Å²) in [6.45, 7) is 1.81. The first kappa shape index (κ1) is 19.6. The zero-order valence-corrected chi connectivity index (χ0v) is 17.2. The molecule has 1 aromatic heterocycles. The molecule has 0 atom stereocenters.